The number of hydrogen-bond donors (Lipinski definition) is 2. The van der Waals surface area contributed by atoms with Crippen LogP contribution in [-0.4, -0.2) is 60.8 Å². The molecule has 1 amide bonds. The van der Waals surface area contributed by atoms with E-state index in [0.717, 1.165) is 65.9 Å². The minimum absolute atomic E-state index is 0.150. The van der Waals surface area contributed by atoms with Crippen LogP contribution in [0.2, 0.25) is 0 Å². The molecular weight excluding hydrogens is 498 g/mol. The van der Waals surface area contributed by atoms with Gasteiger partial charge in [-0.05, 0) is 121 Å². The molecule has 0 bridgehead atoms. The predicted octanol–water partition coefficient (Wildman–Crippen LogP) is 5.57. The Kier molecular flexibility index (Phi) is 9.67. The third kappa shape index (κ3) is 6.57. The van der Waals surface area contributed by atoms with Crippen molar-refractivity contribution in [2.45, 2.75) is 97.8 Å². The van der Waals surface area contributed by atoms with Crippen LogP contribution >= 0.6 is 0 Å². The minimum atomic E-state index is -0.160. The Morgan fingerprint density at radius 1 is 1.05 bits per heavy atom. The van der Waals surface area contributed by atoms with Crippen molar-refractivity contribution in [1.29, 1.82) is 0 Å². The van der Waals surface area contributed by atoms with Gasteiger partial charge in [0.15, 0.2) is 0 Å². The largest absolute Gasteiger partial charge is 0.369 e. The molecule has 1 aliphatic heterocycles. The van der Waals surface area contributed by atoms with Crippen LogP contribution in [0.25, 0.3) is 5.57 Å². The molecule has 1 aliphatic carbocycles. The number of rotatable bonds is 9. The second-order valence-electron chi connectivity index (χ2n) is 11.7. The summed E-state index contributed by atoms with van der Waals surface area (Å²) < 4.78 is 0. The summed E-state index contributed by atoms with van der Waals surface area (Å²) >= 11 is 0. The molecule has 1 atom stereocenters. The zero-order valence-corrected chi connectivity index (χ0v) is 25.4. The van der Waals surface area contributed by atoms with E-state index in [1.165, 1.54) is 12.8 Å². The fraction of sp³-hybridized carbons (Fsp3) is 0.545. The second-order valence-corrected chi connectivity index (χ2v) is 11.7. The number of aliphatic imine (C=N–C) groups is 1. The summed E-state index contributed by atoms with van der Waals surface area (Å²) in [6.45, 7) is 11.3. The third-order valence-corrected chi connectivity index (χ3v) is 8.87. The Morgan fingerprint density at radius 2 is 1.75 bits per heavy atom. The van der Waals surface area contributed by atoms with Crippen LogP contribution in [0.1, 0.15) is 90.7 Å². The predicted molar refractivity (Wildman–Crippen MR) is 167 cm³/mol. The normalized spacial score (nSPS) is 20.9. The summed E-state index contributed by atoms with van der Waals surface area (Å²) in [5, 5.41) is 3.05. The lowest BCUT2D eigenvalue weighted by atomic mass is 9.88. The van der Waals surface area contributed by atoms with Crippen molar-refractivity contribution in [1.82, 2.24) is 15.2 Å². The maximum Gasteiger partial charge on any atom is 0.253 e. The van der Waals surface area contributed by atoms with Crippen molar-refractivity contribution in [3.63, 3.8) is 0 Å². The van der Waals surface area contributed by atoms with Gasteiger partial charge < -0.3 is 20.1 Å². The van der Waals surface area contributed by atoms with E-state index in [2.05, 4.69) is 67.1 Å². The molecule has 0 radical (unpaired) electrons. The Morgan fingerprint density at radius 3 is 2.33 bits per heavy atom. The van der Waals surface area contributed by atoms with Gasteiger partial charge in [0, 0.05) is 53.9 Å². The molecule has 4 rings (SSSR count). The number of H-pyrrole nitrogens is 1. The molecule has 216 valence electrons. The number of carbonyl (C=O) groups is 1. The average Bonchev–Trinajstić information content (AvgIpc) is 2.94. The molecule has 1 aromatic heterocycles. The number of aromatic amines is 1. The number of carbonyl (C=O) groups excluding carboxylic acids is 1. The number of dihydropyridines is 1. The molecule has 1 aromatic carbocycles. The van der Waals surface area contributed by atoms with Gasteiger partial charge in [-0.15, -0.1) is 0 Å². The van der Waals surface area contributed by atoms with Crippen molar-refractivity contribution < 1.29 is 4.79 Å². The first-order valence-corrected chi connectivity index (χ1v) is 14.9. The summed E-state index contributed by atoms with van der Waals surface area (Å²) in [6, 6.07) is 7.60. The highest BCUT2D eigenvalue weighted by atomic mass is 16.1. The maximum absolute atomic E-state index is 13.7. The van der Waals surface area contributed by atoms with Gasteiger partial charge in [-0.25, -0.2) is 0 Å². The van der Waals surface area contributed by atoms with Gasteiger partial charge in [-0.1, -0.05) is 13.0 Å². The van der Waals surface area contributed by atoms with Crippen molar-refractivity contribution in [3.8, 4) is 0 Å². The summed E-state index contributed by atoms with van der Waals surface area (Å²) in [6.07, 6.45) is 10.8. The fourth-order valence-corrected chi connectivity index (χ4v) is 6.30. The number of nitrogens with one attached hydrogen (secondary N) is 2. The first-order valence-electron chi connectivity index (χ1n) is 14.9. The molecule has 2 N–H and O–H groups in total. The molecule has 2 aromatic rings. The summed E-state index contributed by atoms with van der Waals surface area (Å²) in [7, 11) is 4.35. The number of allylic oxidation sites excluding steroid dienone is 1. The smallest absolute Gasteiger partial charge is 0.253 e. The molecule has 7 heteroatoms. The lowest BCUT2D eigenvalue weighted by Gasteiger charge is -2.40. The first kappa shape index (κ1) is 29.8. The minimum Gasteiger partial charge on any atom is -0.369 e. The van der Waals surface area contributed by atoms with Gasteiger partial charge >= 0.3 is 0 Å². The summed E-state index contributed by atoms with van der Waals surface area (Å²) in [5.41, 5.74) is 6.98. The van der Waals surface area contributed by atoms with E-state index in [4.69, 9.17) is 4.99 Å². The monoisotopic (exact) mass is 545 g/mol. The Balaban J connectivity index is 1.68. The number of amides is 1. The van der Waals surface area contributed by atoms with Crippen LogP contribution in [0.4, 0.5) is 5.69 Å². The zero-order valence-electron chi connectivity index (χ0n) is 25.4. The van der Waals surface area contributed by atoms with Crippen molar-refractivity contribution in [2.75, 3.05) is 25.5 Å². The standard InChI is InChI=1S/C33H47N5O2/c1-8-26-11-10-24(19-34-26)25-17-29(32(39)35-20-30-21(3)16-22(4)36-33(30)40)23(5)31(18-25)38(9-2)28-14-12-27(13-15-28)37(6)7/h10,16-19,26-28H,8-9,11-15,20H2,1-7H3,(H,35,39)(H,36,40). The van der Waals surface area contributed by atoms with E-state index in [-0.39, 0.29) is 18.0 Å². The highest BCUT2D eigenvalue weighted by Crippen LogP contribution is 2.35. The van der Waals surface area contributed by atoms with Gasteiger partial charge in [-0.3, -0.25) is 14.6 Å². The van der Waals surface area contributed by atoms with Gasteiger partial charge in [0.25, 0.3) is 11.5 Å². The number of aromatic nitrogens is 1. The number of benzene rings is 1. The average molecular weight is 546 g/mol. The highest BCUT2D eigenvalue weighted by Gasteiger charge is 2.28. The van der Waals surface area contributed by atoms with Crippen molar-refractivity contribution >= 4 is 23.4 Å². The Hall–Kier alpha value is -3.19. The highest BCUT2D eigenvalue weighted by molar-refractivity contribution is 6.12. The number of nitrogens with zero attached hydrogens (tertiary/aromatic N) is 3. The number of anilines is 1. The first-order chi connectivity index (χ1) is 19.1. The number of hydrogen-bond acceptors (Lipinski definition) is 5. The molecule has 1 unspecified atom stereocenters. The van der Waals surface area contributed by atoms with Gasteiger partial charge in [0.1, 0.15) is 0 Å². The van der Waals surface area contributed by atoms with Crippen LogP contribution in [0, 0.1) is 20.8 Å². The van der Waals surface area contributed by atoms with Gasteiger partial charge in [-0.2, -0.15) is 0 Å². The van der Waals surface area contributed by atoms with E-state index < -0.39 is 0 Å². The Labute approximate surface area is 239 Å². The quantitative estimate of drug-likeness (QED) is 0.432. The fourth-order valence-electron chi connectivity index (χ4n) is 6.30. The molecule has 2 aliphatic rings. The van der Waals surface area contributed by atoms with Crippen LogP contribution < -0.4 is 15.8 Å². The van der Waals surface area contributed by atoms with Crippen LogP contribution in [0.5, 0.6) is 0 Å². The Bertz CT molecular complexity index is 1330. The number of pyridine rings is 1. The maximum atomic E-state index is 13.7. The van der Waals surface area contributed by atoms with E-state index in [0.29, 0.717) is 29.3 Å². The SMILES string of the molecule is CCC1CC=C(c2cc(C(=O)NCc3c(C)cc(C)[nH]c3=O)c(C)c(N(CC)C3CCC(N(C)C)CC3)c2)C=N1. The topological polar surface area (TPSA) is 80.8 Å². The molecule has 40 heavy (non-hydrogen) atoms. The van der Waals surface area contributed by atoms with E-state index >= 15 is 0 Å². The molecular formula is C33H47N5O2. The van der Waals surface area contributed by atoms with E-state index in [9.17, 15) is 9.59 Å². The lowest BCUT2D eigenvalue weighted by molar-refractivity contribution is 0.0950. The third-order valence-electron chi connectivity index (χ3n) is 8.87. The van der Waals surface area contributed by atoms with Crippen LogP contribution in [0.15, 0.2) is 34.1 Å². The van der Waals surface area contributed by atoms with Gasteiger partial charge in [0.2, 0.25) is 0 Å². The van der Waals surface area contributed by atoms with Crippen LogP contribution in [0.3, 0.4) is 0 Å². The number of aryl methyl sites for hydroxylation is 2. The van der Waals surface area contributed by atoms with Crippen molar-refractivity contribution in [2.24, 2.45) is 4.99 Å². The van der Waals surface area contributed by atoms with E-state index in [1.807, 2.05) is 32.2 Å². The van der Waals surface area contributed by atoms with Crippen molar-refractivity contribution in [3.05, 3.63) is 68.1 Å². The van der Waals surface area contributed by atoms with Gasteiger partial charge in [0.05, 0.1) is 6.04 Å². The molecule has 0 spiro atoms. The molecule has 7 nitrogen and oxygen atoms in total. The molecule has 2 heterocycles. The zero-order chi connectivity index (χ0) is 29.0. The second kappa shape index (κ2) is 13.0. The molecule has 1 fully saturated rings. The summed E-state index contributed by atoms with van der Waals surface area (Å²) in [5.74, 6) is -0.160. The molecule has 1 saturated carbocycles. The van der Waals surface area contributed by atoms with Crippen LogP contribution in [-0.2, 0) is 6.54 Å². The lowest BCUT2D eigenvalue weighted by Crippen LogP contribution is -2.42. The van der Waals surface area contributed by atoms with E-state index in [1.54, 1.807) is 0 Å². The summed E-state index contributed by atoms with van der Waals surface area (Å²) in [4.78, 5) is 38.8. The molecule has 0 saturated heterocycles.